The lowest BCUT2D eigenvalue weighted by Gasteiger charge is -2.06. The number of hydrogen-bond donors (Lipinski definition) is 2. The molecular weight excluding hydrogens is 342 g/mol. The molecule has 106 valence electrons. The van der Waals surface area contributed by atoms with Gasteiger partial charge in [-0.25, -0.2) is 9.48 Å². The second-order valence-electron chi connectivity index (χ2n) is 4.05. The van der Waals surface area contributed by atoms with Crippen LogP contribution < -0.4 is 5.73 Å². The number of hydrogen-bond acceptors (Lipinski definition) is 4. The Balaban J connectivity index is 2.40. The molecule has 2 rings (SSSR count). The van der Waals surface area contributed by atoms with Crippen molar-refractivity contribution in [3.05, 3.63) is 39.9 Å². The van der Waals surface area contributed by atoms with Gasteiger partial charge < -0.3 is 10.8 Å². The van der Waals surface area contributed by atoms with E-state index in [0.717, 1.165) is 15.8 Å². The number of nitrogens with zero attached hydrogens (tertiary/aromatic N) is 2. The van der Waals surface area contributed by atoms with Gasteiger partial charge in [0.15, 0.2) is 0 Å². The van der Waals surface area contributed by atoms with Crippen LogP contribution in [0.4, 0.5) is 5.82 Å². The van der Waals surface area contributed by atoms with Crippen molar-refractivity contribution in [2.45, 2.75) is 18.5 Å². The largest absolute Gasteiger partial charge is 0.477 e. The Kier molecular flexibility index (Phi) is 4.72. The lowest BCUT2D eigenvalue weighted by Crippen LogP contribution is -2.08. The molecule has 0 radical (unpaired) electrons. The van der Waals surface area contributed by atoms with Crippen LogP contribution in [0, 0.1) is 0 Å². The fraction of sp³-hybridized carbons (Fsp3) is 0.231. The predicted molar refractivity (Wildman–Crippen MR) is 83.2 cm³/mol. The van der Waals surface area contributed by atoms with Crippen molar-refractivity contribution in [2.75, 3.05) is 11.5 Å². The smallest absolute Gasteiger partial charge is 0.342 e. The van der Waals surface area contributed by atoms with Crippen molar-refractivity contribution in [3.8, 4) is 0 Å². The maximum absolute atomic E-state index is 11.3. The van der Waals surface area contributed by atoms with Gasteiger partial charge in [0, 0.05) is 4.47 Å². The number of carboxylic acids is 1. The Labute approximate surface area is 129 Å². The molecule has 1 heterocycles. The highest BCUT2D eigenvalue weighted by Crippen LogP contribution is 2.27. The van der Waals surface area contributed by atoms with Gasteiger partial charge in [-0.15, -0.1) is 11.8 Å². The highest BCUT2D eigenvalue weighted by molar-refractivity contribution is 9.10. The van der Waals surface area contributed by atoms with E-state index in [2.05, 4.69) is 21.0 Å². The van der Waals surface area contributed by atoms with Crippen LogP contribution in [0.1, 0.15) is 22.8 Å². The van der Waals surface area contributed by atoms with Crippen molar-refractivity contribution < 1.29 is 9.90 Å². The molecule has 5 nitrogen and oxygen atoms in total. The Morgan fingerprint density at radius 3 is 2.80 bits per heavy atom. The van der Waals surface area contributed by atoms with Gasteiger partial charge in [-0.05, 0) is 17.4 Å². The third-order valence-electron chi connectivity index (χ3n) is 2.73. The van der Waals surface area contributed by atoms with Crippen LogP contribution in [-0.2, 0) is 6.54 Å². The molecule has 0 saturated heterocycles. The second-order valence-corrected chi connectivity index (χ2v) is 6.16. The molecule has 0 saturated carbocycles. The number of aromatic nitrogens is 2. The number of thioether (sulfide) groups is 1. The number of nitrogens with two attached hydrogens (primary N) is 1. The number of anilines is 1. The van der Waals surface area contributed by atoms with E-state index in [1.807, 2.05) is 31.2 Å². The van der Waals surface area contributed by atoms with Gasteiger partial charge in [0.1, 0.15) is 16.4 Å². The molecule has 0 aliphatic heterocycles. The molecule has 0 atom stereocenters. The maximum Gasteiger partial charge on any atom is 0.342 e. The van der Waals surface area contributed by atoms with Crippen LogP contribution in [0.5, 0.6) is 0 Å². The van der Waals surface area contributed by atoms with Crippen LogP contribution in [0.2, 0.25) is 0 Å². The highest BCUT2D eigenvalue weighted by atomic mass is 79.9. The van der Waals surface area contributed by atoms with Gasteiger partial charge in [-0.1, -0.05) is 41.1 Å². The summed E-state index contributed by atoms with van der Waals surface area (Å²) in [7, 11) is 0. The number of carbonyl (C=O) groups is 1. The lowest BCUT2D eigenvalue weighted by molar-refractivity contribution is 0.0694. The maximum atomic E-state index is 11.3. The van der Waals surface area contributed by atoms with E-state index in [0.29, 0.717) is 11.6 Å². The summed E-state index contributed by atoms with van der Waals surface area (Å²) < 4.78 is 2.47. The molecule has 0 fully saturated rings. The number of carboxylic acid groups (broad SMARTS) is 1. The summed E-state index contributed by atoms with van der Waals surface area (Å²) in [6.07, 6.45) is 0. The molecule has 20 heavy (non-hydrogen) atoms. The minimum Gasteiger partial charge on any atom is -0.477 e. The van der Waals surface area contributed by atoms with Crippen LogP contribution in [-0.4, -0.2) is 26.6 Å². The van der Waals surface area contributed by atoms with Gasteiger partial charge in [0.05, 0.1) is 6.54 Å². The Morgan fingerprint density at radius 2 is 2.20 bits per heavy atom. The van der Waals surface area contributed by atoms with Crippen LogP contribution >= 0.6 is 27.7 Å². The van der Waals surface area contributed by atoms with E-state index >= 15 is 0 Å². The summed E-state index contributed by atoms with van der Waals surface area (Å²) >= 11 is 4.84. The summed E-state index contributed by atoms with van der Waals surface area (Å²) in [6.45, 7) is 2.37. The molecular formula is C13H14BrN3O2S. The first kappa shape index (κ1) is 14.9. The first-order valence-corrected chi connectivity index (χ1v) is 7.78. The zero-order valence-corrected chi connectivity index (χ0v) is 13.2. The van der Waals surface area contributed by atoms with Crippen LogP contribution in [0.3, 0.4) is 0 Å². The molecule has 0 aliphatic rings. The molecule has 0 aliphatic carbocycles. The van der Waals surface area contributed by atoms with Crippen molar-refractivity contribution >= 4 is 39.5 Å². The Bertz CT molecular complexity index is 643. The molecule has 7 heteroatoms. The average molecular weight is 356 g/mol. The van der Waals surface area contributed by atoms with Crippen molar-refractivity contribution in [3.63, 3.8) is 0 Å². The van der Waals surface area contributed by atoms with E-state index in [9.17, 15) is 9.90 Å². The zero-order chi connectivity index (χ0) is 14.7. The number of aromatic carboxylic acids is 1. The predicted octanol–water partition coefficient (Wildman–Crippen LogP) is 3.09. The standard InChI is InChI=1S/C13H14BrN3O2S/c1-2-20-12-10(13(18)19)11(15)17(16-12)7-8-5-3-4-6-9(8)14/h3-6H,2,7,15H2,1H3,(H,18,19). The van der Waals surface area contributed by atoms with E-state index < -0.39 is 5.97 Å². The number of nitrogen functional groups attached to an aromatic ring is 1. The number of halogens is 1. The van der Waals surface area contributed by atoms with Gasteiger partial charge in [0.2, 0.25) is 0 Å². The molecule has 0 bridgehead atoms. The second kappa shape index (κ2) is 6.32. The minimum absolute atomic E-state index is 0.0869. The van der Waals surface area contributed by atoms with E-state index in [4.69, 9.17) is 5.73 Å². The molecule has 3 N–H and O–H groups in total. The monoisotopic (exact) mass is 355 g/mol. The molecule has 0 amide bonds. The molecule has 1 aromatic heterocycles. The van der Waals surface area contributed by atoms with Gasteiger partial charge in [-0.2, -0.15) is 5.10 Å². The summed E-state index contributed by atoms with van der Waals surface area (Å²) in [6, 6.07) is 7.70. The average Bonchev–Trinajstić information content (AvgIpc) is 2.69. The summed E-state index contributed by atoms with van der Waals surface area (Å²) in [4.78, 5) is 11.3. The first-order chi connectivity index (χ1) is 9.54. The Morgan fingerprint density at radius 1 is 1.50 bits per heavy atom. The van der Waals surface area contributed by atoms with Crippen molar-refractivity contribution in [1.82, 2.24) is 9.78 Å². The summed E-state index contributed by atoms with van der Waals surface area (Å²) in [5.74, 6) is -0.118. The van der Waals surface area contributed by atoms with Gasteiger partial charge >= 0.3 is 5.97 Å². The number of benzene rings is 1. The van der Waals surface area contributed by atoms with Gasteiger partial charge in [-0.3, -0.25) is 0 Å². The molecule has 0 unspecified atom stereocenters. The van der Waals surface area contributed by atoms with Crippen molar-refractivity contribution in [2.24, 2.45) is 0 Å². The molecule has 2 aromatic rings. The van der Waals surface area contributed by atoms with Crippen LogP contribution in [0.15, 0.2) is 33.8 Å². The SMILES string of the molecule is CCSc1nn(Cc2ccccc2Br)c(N)c1C(=O)O. The highest BCUT2D eigenvalue weighted by Gasteiger charge is 2.21. The van der Waals surface area contributed by atoms with Gasteiger partial charge in [0.25, 0.3) is 0 Å². The number of rotatable bonds is 5. The minimum atomic E-state index is -1.04. The topological polar surface area (TPSA) is 81.1 Å². The normalized spacial score (nSPS) is 10.7. The fourth-order valence-corrected chi connectivity index (χ4v) is 2.98. The summed E-state index contributed by atoms with van der Waals surface area (Å²) in [5.41, 5.74) is 7.00. The molecule has 0 spiro atoms. The third kappa shape index (κ3) is 2.99. The van der Waals surface area contributed by atoms with Crippen LogP contribution in [0.25, 0.3) is 0 Å². The van der Waals surface area contributed by atoms with E-state index in [1.54, 1.807) is 0 Å². The lowest BCUT2D eigenvalue weighted by atomic mass is 10.2. The Hall–Kier alpha value is -1.47. The first-order valence-electron chi connectivity index (χ1n) is 6.00. The van der Waals surface area contributed by atoms with E-state index in [1.165, 1.54) is 16.4 Å². The quantitative estimate of drug-likeness (QED) is 0.805. The summed E-state index contributed by atoms with van der Waals surface area (Å²) in [5, 5.41) is 14.0. The zero-order valence-electron chi connectivity index (χ0n) is 10.8. The fourth-order valence-electron chi connectivity index (χ4n) is 1.80. The molecule has 1 aromatic carbocycles. The van der Waals surface area contributed by atoms with Crippen molar-refractivity contribution in [1.29, 1.82) is 0 Å². The third-order valence-corrected chi connectivity index (χ3v) is 4.35. The van der Waals surface area contributed by atoms with E-state index in [-0.39, 0.29) is 11.4 Å².